The molecule has 0 radical (unpaired) electrons. The van der Waals surface area contributed by atoms with Crippen LogP contribution in [0.15, 0.2) is 36.7 Å². The van der Waals surface area contributed by atoms with Gasteiger partial charge in [0.2, 0.25) is 0 Å². The van der Waals surface area contributed by atoms with Crippen LogP contribution in [0.3, 0.4) is 0 Å². The first kappa shape index (κ1) is 16.6. The standard InChI is InChI=1S/C17H23ClN4/c1-3-4-10-22(2)17-12-16(20-13-21-17)19-9-8-14-6-5-7-15(18)11-14/h5-7,11-13H,3-4,8-10H2,1-2H3,(H,19,20,21). The Morgan fingerprint density at radius 2 is 2.09 bits per heavy atom. The van der Waals surface area contributed by atoms with Crippen molar-refractivity contribution in [2.24, 2.45) is 0 Å². The minimum Gasteiger partial charge on any atom is -0.370 e. The molecule has 0 fully saturated rings. The van der Waals surface area contributed by atoms with E-state index in [1.54, 1.807) is 6.33 Å². The molecule has 2 rings (SSSR count). The van der Waals surface area contributed by atoms with Gasteiger partial charge in [0.05, 0.1) is 0 Å². The van der Waals surface area contributed by atoms with Crippen LogP contribution in [0.1, 0.15) is 25.3 Å². The second-order valence-corrected chi connectivity index (χ2v) is 5.78. The monoisotopic (exact) mass is 318 g/mol. The summed E-state index contributed by atoms with van der Waals surface area (Å²) in [4.78, 5) is 10.8. The molecule has 1 heterocycles. The Bertz CT molecular complexity index is 588. The molecule has 118 valence electrons. The predicted octanol–water partition coefficient (Wildman–Crippen LogP) is 4.02. The van der Waals surface area contributed by atoms with Crippen LogP contribution >= 0.6 is 11.6 Å². The molecule has 1 aromatic carbocycles. The van der Waals surface area contributed by atoms with Crippen molar-refractivity contribution in [3.05, 3.63) is 47.2 Å². The van der Waals surface area contributed by atoms with E-state index in [1.165, 1.54) is 12.0 Å². The van der Waals surface area contributed by atoms with Crippen LogP contribution in [0.4, 0.5) is 11.6 Å². The largest absolute Gasteiger partial charge is 0.370 e. The Morgan fingerprint density at radius 1 is 1.23 bits per heavy atom. The molecule has 0 aliphatic rings. The number of halogens is 1. The van der Waals surface area contributed by atoms with E-state index in [1.807, 2.05) is 24.3 Å². The smallest absolute Gasteiger partial charge is 0.133 e. The lowest BCUT2D eigenvalue weighted by Crippen LogP contribution is -2.20. The van der Waals surface area contributed by atoms with Gasteiger partial charge in [-0.15, -0.1) is 0 Å². The van der Waals surface area contributed by atoms with Crippen molar-refractivity contribution in [2.75, 3.05) is 30.4 Å². The number of benzene rings is 1. The van der Waals surface area contributed by atoms with Crippen molar-refractivity contribution in [3.63, 3.8) is 0 Å². The van der Waals surface area contributed by atoms with Gasteiger partial charge >= 0.3 is 0 Å². The maximum Gasteiger partial charge on any atom is 0.133 e. The zero-order valence-electron chi connectivity index (χ0n) is 13.2. The summed E-state index contributed by atoms with van der Waals surface area (Å²) in [6.07, 6.45) is 4.86. The highest BCUT2D eigenvalue weighted by atomic mass is 35.5. The molecule has 0 saturated carbocycles. The molecule has 1 N–H and O–H groups in total. The minimum atomic E-state index is 0.777. The fraction of sp³-hybridized carbons (Fsp3) is 0.412. The summed E-state index contributed by atoms with van der Waals surface area (Å²) < 4.78 is 0. The normalized spacial score (nSPS) is 10.5. The topological polar surface area (TPSA) is 41.0 Å². The first-order chi connectivity index (χ1) is 10.7. The van der Waals surface area contributed by atoms with E-state index in [2.05, 4.69) is 40.2 Å². The zero-order valence-corrected chi connectivity index (χ0v) is 14.0. The van der Waals surface area contributed by atoms with Gasteiger partial charge in [-0.25, -0.2) is 9.97 Å². The molecule has 4 nitrogen and oxygen atoms in total. The molecule has 22 heavy (non-hydrogen) atoms. The van der Waals surface area contributed by atoms with E-state index in [0.29, 0.717) is 0 Å². The fourth-order valence-corrected chi connectivity index (χ4v) is 2.40. The van der Waals surface area contributed by atoms with Gasteiger partial charge in [-0.2, -0.15) is 0 Å². The molecular formula is C17H23ClN4. The Balaban J connectivity index is 1.87. The lowest BCUT2D eigenvalue weighted by Gasteiger charge is -2.18. The number of nitrogens with one attached hydrogen (secondary N) is 1. The van der Waals surface area contributed by atoms with Gasteiger partial charge in [-0.1, -0.05) is 37.1 Å². The SMILES string of the molecule is CCCCN(C)c1cc(NCCc2cccc(Cl)c2)ncn1. The first-order valence-corrected chi connectivity index (χ1v) is 8.08. The average Bonchev–Trinajstić information content (AvgIpc) is 2.53. The summed E-state index contributed by atoms with van der Waals surface area (Å²) in [7, 11) is 2.06. The Morgan fingerprint density at radius 3 is 2.86 bits per heavy atom. The van der Waals surface area contributed by atoms with Crippen LogP contribution in [-0.2, 0) is 6.42 Å². The highest BCUT2D eigenvalue weighted by Gasteiger charge is 2.04. The fourth-order valence-electron chi connectivity index (χ4n) is 2.19. The van der Waals surface area contributed by atoms with Crippen molar-refractivity contribution < 1.29 is 0 Å². The molecule has 1 aromatic heterocycles. The van der Waals surface area contributed by atoms with Gasteiger partial charge in [0, 0.05) is 31.2 Å². The summed E-state index contributed by atoms with van der Waals surface area (Å²) >= 11 is 5.99. The van der Waals surface area contributed by atoms with E-state index in [-0.39, 0.29) is 0 Å². The highest BCUT2D eigenvalue weighted by molar-refractivity contribution is 6.30. The second-order valence-electron chi connectivity index (χ2n) is 5.34. The number of nitrogens with zero attached hydrogens (tertiary/aromatic N) is 3. The van der Waals surface area contributed by atoms with Gasteiger partial charge < -0.3 is 10.2 Å². The van der Waals surface area contributed by atoms with Gasteiger partial charge in [-0.3, -0.25) is 0 Å². The molecule has 0 atom stereocenters. The van der Waals surface area contributed by atoms with E-state index >= 15 is 0 Å². The maximum atomic E-state index is 5.99. The van der Waals surface area contributed by atoms with Crippen molar-refractivity contribution in [2.45, 2.75) is 26.2 Å². The van der Waals surface area contributed by atoms with Crippen molar-refractivity contribution in [1.82, 2.24) is 9.97 Å². The molecule has 5 heteroatoms. The third-order valence-electron chi connectivity index (χ3n) is 3.50. The van der Waals surface area contributed by atoms with Crippen LogP contribution < -0.4 is 10.2 Å². The van der Waals surface area contributed by atoms with Crippen LogP contribution in [-0.4, -0.2) is 30.1 Å². The van der Waals surface area contributed by atoms with Crippen LogP contribution in [0, 0.1) is 0 Å². The number of rotatable bonds is 8. The van der Waals surface area contributed by atoms with Crippen LogP contribution in [0.5, 0.6) is 0 Å². The summed E-state index contributed by atoms with van der Waals surface area (Å²) in [5.74, 6) is 1.81. The summed E-state index contributed by atoms with van der Waals surface area (Å²) in [5.41, 5.74) is 1.22. The molecule has 0 unspecified atom stereocenters. The molecule has 2 aromatic rings. The van der Waals surface area contributed by atoms with Crippen molar-refractivity contribution in [1.29, 1.82) is 0 Å². The van der Waals surface area contributed by atoms with E-state index < -0.39 is 0 Å². The van der Waals surface area contributed by atoms with E-state index in [9.17, 15) is 0 Å². The molecule has 0 spiro atoms. The van der Waals surface area contributed by atoms with Gasteiger partial charge in [-0.05, 0) is 30.5 Å². The number of hydrogen-bond donors (Lipinski definition) is 1. The molecule has 0 bridgehead atoms. The second kappa shape index (κ2) is 8.59. The number of aromatic nitrogens is 2. The lowest BCUT2D eigenvalue weighted by molar-refractivity contribution is 0.758. The lowest BCUT2D eigenvalue weighted by atomic mass is 10.1. The molecule has 0 amide bonds. The highest BCUT2D eigenvalue weighted by Crippen LogP contribution is 2.14. The Labute approximate surface area is 137 Å². The summed E-state index contributed by atoms with van der Waals surface area (Å²) in [6.45, 7) is 4.02. The Hall–Kier alpha value is -1.81. The number of anilines is 2. The molecular weight excluding hydrogens is 296 g/mol. The minimum absolute atomic E-state index is 0.777. The summed E-state index contributed by atoms with van der Waals surface area (Å²) in [5, 5.41) is 4.12. The average molecular weight is 319 g/mol. The predicted molar refractivity (Wildman–Crippen MR) is 93.9 cm³/mol. The zero-order chi connectivity index (χ0) is 15.8. The third kappa shape index (κ3) is 5.19. The van der Waals surface area contributed by atoms with Gasteiger partial charge in [0.25, 0.3) is 0 Å². The third-order valence-corrected chi connectivity index (χ3v) is 3.73. The van der Waals surface area contributed by atoms with Crippen LogP contribution in [0.2, 0.25) is 5.02 Å². The van der Waals surface area contributed by atoms with Crippen LogP contribution in [0.25, 0.3) is 0 Å². The first-order valence-electron chi connectivity index (χ1n) is 7.70. The van der Waals surface area contributed by atoms with Crippen molar-refractivity contribution >= 4 is 23.2 Å². The summed E-state index contributed by atoms with van der Waals surface area (Å²) in [6, 6.07) is 9.93. The quantitative estimate of drug-likeness (QED) is 0.798. The molecule has 0 aliphatic carbocycles. The number of unbranched alkanes of at least 4 members (excludes halogenated alkanes) is 1. The Kier molecular flexibility index (Phi) is 6.46. The van der Waals surface area contributed by atoms with E-state index in [4.69, 9.17) is 11.6 Å². The van der Waals surface area contributed by atoms with Gasteiger partial charge in [0.1, 0.15) is 18.0 Å². The van der Waals surface area contributed by atoms with E-state index in [0.717, 1.165) is 42.6 Å². The van der Waals surface area contributed by atoms with Gasteiger partial charge in [0.15, 0.2) is 0 Å². The van der Waals surface area contributed by atoms with Crippen molar-refractivity contribution in [3.8, 4) is 0 Å². The molecule has 0 saturated heterocycles. The number of hydrogen-bond acceptors (Lipinski definition) is 4. The molecule has 0 aliphatic heterocycles. The maximum absolute atomic E-state index is 5.99.